The van der Waals surface area contributed by atoms with Crippen LogP contribution in [0.4, 0.5) is 11.4 Å². The van der Waals surface area contributed by atoms with Crippen LogP contribution in [0.3, 0.4) is 0 Å². The topological polar surface area (TPSA) is 67.5 Å². The van der Waals surface area contributed by atoms with Crippen LogP contribution in [0.25, 0.3) is 0 Å². The van der Waals surface area contributed by atoms with Gasteiger partial charge < -0.3 is 20.9 Å². The first-order valence-corrected chi connectivity index (χ1v) is 4.64. The second-order valence-electron chi connectivity index (χ2n) is 3.53. The van der Waals surface area contributed by atoms with Gasteiger partial charge in [0, 0.05) is 11.8 Å². The average Bonchev–Trinajstić information content (AvgIpc) is 2.17. The van der Waals surface area contributed by atoms with Crippen molar-refractivity contribution in [2.24, 2.45) is 0 Å². The van der Waals surface area contributed by atoms with Gasteiger partial charge in [-0.1, -0.05) is 0 Å². The molecule has 0 fully saturated rings. The predicted octanol–water partition coefficient (Wildman–Crippen LogP) is 0.823. The molecule has 0 aromatic heterocycles. The fourth-order valence-electron chi connectivity index (χ4n) is 1.55. The lowest BCUT2D eigenvalue weighted by Gasteiger charge is -2.32. The van der Waals surface area contributed by atoms with E-state index in [1.54, 1.807) is 6.07 Å². The molecule has 1 aromatic carbocycles. The van der Waals surface area contributed by atoms with E-state index in [9.17, 15) is 0 Å². The molecule has 1 heterocycles. The fourth-order valence-corrected chi connectivity index (χ4v) is 1.55. The fraction of sp³-hybridized carbons (Fsp3) is 0.400. The van der Waals surface area contributed by atoms with Gasteiger partial charge in [-0.05, 0) is 19.1 Å². The van der Waals surface area contributed by atoms with Crippen LogP contribution in [-0.4, -0.2) is 23.9 Å². The van der Waals surface area contributed by atoms with Gasteiger partial charge in [0.1, 0.15) is 11.9 Å². The number of hydrogen-bond acceptors (Lipinski definition) is 4. The van der Waals surface area contributed by atoms with Crippen LogP contribution in [0.1, 0.15) is 6.92 Å². The molecular formula is C10H14N2O2. The molecule has 4 nitrogen and oxygen atoms in total. The minimum absolute atomic E-state index is 0.00239. The van der Waals surface area contributed by atoms with Gasteiger partial charge in [0.05, 0.1) is 18.3 Å². The summed E-state index contributed by atoms with van der Waals surface area (Å²) in [5, 5.41) is 12.3. The van der Waals surface area contributed by atoms with Crippen molar-refractivity contribution >= 4 is 11.4 Å². The van der Waals surface area contributed by atoms with Gasteiger partial charge in [-0.2, -0.15) is 0 Å². The van der Waals surface area contributed by atoms with Gasteiger partial charge >= 0.3 is 0 Å². The maximum absolute atomic E-state index is 9.06. The Morgan fingerprint density at radius 2 is 2.36 bits per heavy atom. The monoisotopic (exact) mass is 194 g/mol. The van der Waals surface area contributed by atoms with Gasteiger partial charge in [0.2, 0.25) is 0 Å². The summed E-state index contributed by atoms with van der Waals surface area (Å²) in [5.41, 5.74) is 7.22. The SMILES string of the molecule is CC1Nc2ccc(N)cc2OC1CO. The van der Waals surface area contributed by atoms with Crippen molar-refractivity contribution in [1.29, 1.82) is 0 Å². The number of anilines is 2. The van der Waals surface area contributed by atoms with Crippen LogP contribution in [0, 0.1) is 0 Å². The second-order valence-corrected chi connectivity index (χ2v) is 3.53. The lowest BCUT2D eigenvalue weighted by Crippen LogP contribution is -2.41. The number of ether oxygens (including phenoxy) is 1. The van der Waals surface area contributed by atoms with Crippen LogP contribution >= 0.6 is 0 Å². The van der Waals surface area contributed by atoms with Gasteiger partial charge in [0.25, 0.3) is 0 Å². The van der Waals surface area contributed by atoms with E-state index in [0.29, 0.717) is 11.4 Å². The van der Waals surface area contributed by atoms with Crippen molar-refractivity contribution in [3.8, 4) is 5.75 Å². The van der Waals surface area contributed by atoms with E-state index < -0.39 is 0 Å². The number of hydrogen-bond donors (Lipinski definition) is 3. The number of aliphatic hydroxyl groups excluding tert-OH is 1. The molecule has 76 valence electrons. The van der Waals surface area contributed by atoms with Gasteiger partial charge in [-0.25, -0.2) is 0 Å². The van der Waals surface area contributed by atoms with Crippen molar-refractivity contribution in [3.63, 3.8) is 0 Å². The molecule has 1 aliphatic heterocycles. The number of rotatable bonds is 1. The first kappa shape index (κ1) is 9.15. The molecule has 4 N–H and O–H groups in total. The third-order valence-corrected chi connectivity index (χ3v) is 2.40. The Morgan fingerprint density at radius 3 is 3.07 bits per heavy atom. The number of nitrogens with two attached hydrogens (primary N) is 1. The van der Waals surface area contributed by atoms with E-state index in [4.69, 9.17) is 15.6 Å². The highest BCUT2D eigenvalue weighted by Gasteiger charge is 2.25. The third-order valence-electron chi connectivity index (χ3n) is 2.40. The maximum atomic E-state index is 9.06. The van der Waals surface area contributed by atoms with E-state index in [0.717, 1.165) is 5.69 Å². The molecule has 0 bridgehead atoms. The van der Waals surface area contributed by atoms with E-state index in [1.807, 2.05) is 19.1 Å². The molecule has 1 aliphatic rings. The Morgan fingerprint density at radius 1 is 1.57 bits per heavy atom. The molecule has 0 radical (unpaired) electrons. The van der Waals surface area contributed by atoms with Gasteiger partial charge in [-0.3, -0.25) is 0 Å². The highest BCUT2D eigenvalue weighted by Crippen LogP contribution is 2.32. The minimum Gasteiger partial charge on any atom is -0.484 e. The van der Waals surface area contributed by atoms with Crippen LogP contribution in [0.5, 0.6) is 5.75 Å². The minimum atomic E-state index is -0.204. The third kappa shape index (κ3) is 1.48. The second kappa shape index (κ2) is 3.38. The molecule has 0 saturated carbocycles. The average molecular weight is 194 g/mol. The van der Waals surface area contributed by atoms with Crippen LogP contribution in [-0.2, 0) is 0 Å². The Bertz CT molecular complexity index is 341. The van der Waals surface area contributed by atoms with Crippen LogP contribution < -0.4 is 15.8 Å². The first-order valence-electron chi connectivity index (χ1n) is 4.64. The summed E-state index contributed by atoms with van der Waals surface area (Å²) in [7, 11) is 0. The molecule has 2 rings (SSSR count). The molecule has 2 atom stereocenters. The summed E-state index contributed by atoms with van der Waals surface area (Å²) in [4.78, 5) is 0. The van der Waals surface area contributed by atoms with Crippen molar-refractivity contribution in [3.05, 3.63) is 18.2 Å². The standard InChI is InChI=1S/C10H14N2O2/c1-6-10(5-13)14-9-4-7(11)2-3-8(9)12-6/h2-4,6,10,12-13H,5,11H2,1H3. The molecule has 0 spiro atoms. The van der Waals surface area contributed by atoms with Crippen molar-refractivity contribution in [2.75, 3.05) is 17.7 Å². The summed E-state index contributed by atoms with van der Waals surface area (Å²) in [6.45, 7) is 1.97. The smallest absolute Gasteiger partial charge is 0.145 e. The number of fused-ring (bicyclic) bond motifs is 1. The first-order chi connectivity index (χ1) is 6.70. The molecular weight excluding hydrogens is 180 g/mol. The van der Waals surface area contributed by atoms with E-state index in [1.165, 1.54) is 0 Å². The number of nitrogen functional groups attached to an aromatic ring is 1. The zero-order valence-electron chi connectivity index (χ0n) is 8.03. The zero-order valence-corrected chi connectivity index (χ0v) is 8.03. The maximum Gasteiger partial charge on any atom is 0.145 e. The summed E-state index contributed by atoms with van der Waals surface area (Å²) < 4.78 is 5.58. The van der Waals surface area contributed by atoms with E-state index >= 15 is 0 Å². The normalized spacial score (nSPS) is 24.7. The Labute approximate surface area is 82.7 Å². The predicted molar refractivity (Wildman–Crippen MR) is 55.4 cm³/mol. The Balaban J connectivity index is 2.31. The largest absolute Gasteiger partial charge is 0.484 e. The van der Waals surface area contributed by atoms with Gasteiger partial charge in [-0.15, -0.1) is 0 Å². The van der Waals surface area contributed by atoms with E-state index in [-0.39, 0.29) is 18.8 Å². The number of aliphatic hydroxyl groups is 1. The van der Waals surface area contributed by atoms with Crippen LogP contribution in [0.2, 0.25) is 0 Å². The highest BCUT2D eigenvalue weighted by molar-refractivity contribution is 5.64. The summed E-state index contributed by atoms with van der Waals surface area (Å²) in [6, 6.07) is 5.57. The summed E-state index contributed by atoms with van der Waals surface area (Å²) in [6.07, 6.45) is -0.204. The Hall–Kier alpha value is -1.42. The quantitative estimate of drug-likeness (QED) is 0.579. The van der Waals surface area contributed by atoms with Gasteiger partial charge in [0.15, 0.2) is 0 Å². The summed E-state index contributed by atoms with van der Waals surface area (Å²) >= 11 is 0. The van der Waals surface area contributed by atoms with E-state index in [2.05, 4.69) is 5.32 Å². The molecule has 2 unspecified atom stereocenters. The summed E-state index contributed by atoms with van der Waals surface area (Å²) in [5.74, 6) is 0.710. The van der Waals surface area contributed by atoms with Crippen molar-refractivity contribution in [1.82, 2.24) is 0 Å². The molecule has 0 amide bonds. The lowest BCUT2D eigenvalue weighted by atomic mass is 10.1. The van der Waals surface area contributed by atoms with Crippen molar-refractivity contribution < 1.29 is 9.84 Å². The van der Waals surface area contributed by atoms with Crippen LogP contribution in [0.15, 0.2) is 18.2 Å². The molecule has 0 aliphatic carbocycles. The number of benzene rings is 1. The molecule has 4 heteroatoms. The molecule has 0 saturated heterocycles. The Kier molecular flexibility index (Phi) is 2.21. The molecule has 14 heavy (non-hydrogen) atoms. The van der Waals surface area contributed by atoms with Crippen molar-refractivity contribution in [2.45, 2.75) is 19.1 Å². The highest BCUT2D eigenvalue weighted by atomic mass is 16.5. The molecule has 1 aromatic rings. The number of nitrogens with one attached hydrogen (secondary N) is 1. The zero-order chi connectivity index (χ0) is 10.1. The lowest BCUT2D eigenvalue weighted by molar-refractivity contribution is 0.0978.